The minimum Gasteiger partial charge on any atom is -0.342 e. The van der Waals surface area contributed by atoms with Crippen LogP contribution in [0.2, 0.25) is 0 Å². The first kappa shape index (κ1) is 13.7. The standard InChI is InChI=1S/C12H21NO6/c1-11(2)16-7-6(5-14-13)15-10-9(8(7)17-11)18-12(3,4)19-10/h6-10H,5,13H2,1-4H3/t6-,7+,8+,9-,10-/m1/s1. The van der Waals surface area contributed by atoms with Gasteiger partial charge in [0.05, 0.1) is 6.61 Å². The normalized spacial score (nSPS) is 46.9. The number of nitrogens with two attached hydrogens (primary N) is 1. The monoisotopic (exact) mass is 275 g/mol. The van der Waals surface area contributed by atoms with Gasteiger partial charge in [-0.15, -0.1) is 0 Å². The Morgan fingerprint density at radius 1 is 0.895 bits per heavy atom. The number of rotatable bonds is 2. The van der Waals surface area contributed by atoms with Crippen molar-refractivity contribution >= 4 is 0 Å². The molecule has 7 heteroatoms. The van der Waals surface area contributed by atoms with E-state index >= 15 is 0 Å². The lowest BCUT2D eigenvalue weighted by atomic mass is 9.99. The number of ether oxygens (including phenoxy) is 5. The van der Waals surface area contributed by atoms with Gasteiger partial charge in [-0.2, -0.15) is 0 Å². The molecule has 3 rings (SSSR count). The van der Waals surface area contributed by atoms with Crippen LogP contribution < -0.4 is 5.90 Å². The first-order chi connectivity index (χ1) is 8.81. The van der Waals surface area contributed by atoms with E-state index in [1.165, 1.54) is 0 Å². The van der Waals surface area contributed by atoms with Crippen LogP contribution in [0.15, 0.2) is 0 Å². The lowest BCUT2D eigenvalue weighted by Crippen LogP contribution is -2.56. The Bertz CT molecular complexity index is 360. The molecule has 0 bridgehead atoms. The SMILES string of the molecule is CC1(C)O[C@H]2[C@@H](O1)[C@@H](CON)O[C@@H]1OC(C)(C)O[C@@H]12. The molecule has 19 heavy (non-hydrogen) atoms. The van der Waals surface area contributed by atoms with Gasteiger partial charge in [-0.3, -0.25) is 0 Å². The van der Waals surface area contributed by atoms with Crippen LogP contribution in [-0.2, 0) is 28.5 Å². The summed E-state index contributed by atoms with van der Waals surface area (Å²) >= 11 is 0. The van der Waals surface area contributed by atoms with E-state index in [1.807, 2.05) is 27.7 Å². The molecule has 2 N–H and O–H groups in total. The molecule has 0 aromatic carbocycles. The minimum absolute atomic E-state index is 0.216. The van der Waals surface area contributed by atoms with Gasteiger partial charge in [0.15, 0.2) is 17.9 Å². The van der Waals surface area contributed by atoms with Gasteiger partial charge >= 0.3 is 0 Å². The Balaban J connectivity index is 1.84. The molecule has 3 aliphatic rings. The molecule has 0 saturated carbocycles. The van der Waals surface area contributed by atoms with Gasteiger partial charge in [-0.25, -0.2) is 5.90 Å². The third-order valence-electron chi connectivity index (χ3n) is 3.51. The Hall–Kier alpha value is -0.280. The zero-order valence-corrected chi connectivity index (χ0v) is 11.6. The summed E-state index contributed by atoms with van der Waals surface area (Å²) in [5.41, 5.74) is 0. The highest BCUT2D eigenvalue weighted by molar-refractivity contribution is 4.99. The van der Waals surface area contributed by atoms with Gasteiger partial charge < -0.3 is 28.5 Å². The van der Waals surface area contributed by atoms with E-state index in [2.05, 4.69) is 0 Å². The fraction of sp³-hybridized carbons (Fsp3) is 1.00. The smallest absolute Gasteiger partial charge is 0.190 e. The van der Waals surface area contributed by atoms with E-state index in [9.17, 15) is 0 Å². The van der Waals surface area contributed by atoms with Crippen molar-refractivity contribution in [1.29, 1.82) is 0 Å². The minimum atomic E-state index is -0.700. The lowest BCUT2D eigenvalue weighted by Gasteiger charge is -2.36. The zero-order chi connectivity index (χ0) is 13.8. The van der Waals surface area contributed by atoms with Crippen LogP contribution in [-0.4, -0.2) is 48.9 Å². The molecular formula is C12H21NO6. The second-order valence-corrected chi connectivity index (χ2v) is 6.04. The van der Waals surface area contributed by atoms with Crippen LogP contribution in [0, 0.1) is 0 Å². The number of hydrogen-bond acceptors (Lipinski definition) is 7. The third-order valence-corrected chi connectivity index (χ3v) is 3.51. The molecule has 0 spiro atoms. The van der Waals surface area contributed by atoms with Crippen molar-refractivity contribution < 1.29 is 28.5 Å². The maximum absolute atomic E-state index is 5.93. The molecule has 3 aliphatic heterocycles. The summed E-state index contributed by atoms with van der Waals surface area (Å²) in [6.45, 7) is 7.63. The molecule has 0 aromatic rings. The average Bonchev–Trinajstić information content (AvgIpc) is 2.74. The molecule has 3 heterocycles. The fourth-order valence-corrected chi connectivity index (χ4v) is 2.92. The Kier molecular flexibility index (Phi) is 3.14. The maximum atomic E-state index is 5.93. The summed E-state index contributed by atoms with van der Waals surface area (Å²) in [6, 6.07) is 0. The van der Waals surface area contributed by atoms with Crippen molar-refractivity contribution in [3.8, 4) is 0 Å². The van der Waals surface area contributed by atoms with Crippen molar-refractivity contribution in [2.24, 2.45) is 5.90 Å². The van der Waals surface area contributed by atoms with Crippen LogP contribution in [0.3, 0.4) is 0 Å². The van der Waals surface area contributed by atoms with Gasteiger partial charge in [0.2, 0.25) is 0 Å². The third kappa shape index (κ3) is 2.40. The van der Waals surface area contributed by atoms with E-state index in [1.54, 1.807) is 0 Å². The molecular weight excluding hydrogens is 254 g/mol. The van der Waals surface area contributed by atoms with Gasteiger partial charge in [0.25, 0.3) is 0 Å². The summed E-state index contributed by atoms with van der Waals surface area (Å²) < 4.78 is 29.2. The van der Waals surface area contributed by atoms with Crippen LogP contribution in [0.1, 0.15) is 27.7 Å². The van der Waals surface area contributed by atoms with Gasteiger partial charge in [0, 0.05) is 0 Å². The molecule has 110 valence electrons. The predicted octanol–water partition coefficient (Wildman–Crippen LogP) is 0.273. The summed E-state index contributed by atoms with van der Waals surface area (Å²) in [5.74, 6) is 3.77. The molecule has 0 amide bonds. The summed E-state index contributed by atoms with van der Waals surface area (Å²) in [7, 11) is 0. The molecule has 0 aromatic heterocycles. The summed E-state index contributed by atoms with van der Waals surface area (Å²) in [5, 5.41) is 0. The molecule has 0 unspecified atom stereocenters. The zero-order valence-electron chi connectivity index (χ0n) is 11.6. The largest absolute Gasteiger partial charge is 0.342 e. The second-order valence-electron chi connectivity index (χ2n) is 6.04. The predicted molar refractivity (Wildman–Crippen MR) is 62.7 cm³/mol. The van der Waals surface area contributed by atoms with Crippen LogP contribution in [0.25, 0.3) is 0 Å². The number of fused-ring (bicyclic) bond motifs is 3. The van der Waals surface area contributed by atoms with E-state index in [-0.39, 0.29) is 31.0 Å². The molecule has 5 atom stereocenters. The van der Waals surface area contributed by atoms with Crippen molar-refractivity contribution in [1.82, 2.24) is 0 Å². The molecule has 3 fully saturated rings. The number of hydrogen-bond donors (Lipinski definition) is 1. The summed E-state index contributed by atoms with van der Waals surface area (Å²) in [4.78, 5) is 4.70. The maximum Gasteiger partial charge on any atom is 0.190 e. The van der Waals surface area contributed by atoms with Gasteiger partial charge in [-0.1, -0.05) is 0 Å². The Morgan fingerprint density at radius 2 is 1.47 bits per heavy atom. The highest BCUT2D eigenvalue weighted by atomic mass is 16.9. The van der Waals surface area contributed by atoms with E-state index in [0.717, 1.165) is 0 Å². The summed E-state index contributed by atoms with van der Waals surface area (Å²) in [6.07, 6.45) is -1.67. The molecule has 0 radical (unpaired) electrons. The molecule has 0 aliphatic carbocycles. The quantitative estimate of drug-likeness (QED) is 0.724. The van der Waals surface area contributed by atoms with E-state index < -0.39 is 17.9 Å². The lowest BCUT2D eigenvalue weighted by molar-refractivity contribution is -0.243. The van der Waals surface area contributed by atoms with Gasteiger partial charge in [0.1, 0.15) is 24.4 Å². The van der Waals surface area contributed by atoms with Gasteiger partial charge in [-0.05, 0) is 27.7 Å². The van der Waals surface area contributed by atoms with Crippen LogP contribution in [0.5, 0.6) is 0 Å². The fourth-order valence-electron chi connectivity index (χ4n) is 2.92. The van der Waals surface area contributed by atoms with Crippen LogP contribution >= 0.6 is 0 Å². The van der Waals surface area contributed by atoms with E-state index in [4.69, 9.17) is 34.4 Å². The van der Waals surface area contributed by atoms with Crippen molar-refractivity contribution in [2.45, 2.75) is 70.0 Å². The first-order valence-corrected chi connectivity index (χ1v) is 6.50. The molecule has 7 nitrogen and oxygen atoms in total. The van der Waals surface area contributed by atoms with E-state index in [0.29, 0.717) is 0 Å². The van der Waals surface area contributed by atoms with Crippen molar-refractivity contribution in [2.75, 3.05) is 6.61 Å². The topological polar surface area (TPSA) is 81.4 Å². The Morgan fingerprint density at radius 3 is 2.16 bits per heavy atom. The highest BCUT2D eigenvalue weighted by Gasteiger charge is 2.60. The highest BCUT2D eigenvalue weighted by Crippen LogP contribution is 2.43. The van der Waals surface area contributed by atoms with Crippen LogP contribution in [0.4, 0.5) is 0 Å². The molecule has 3 saturated heterocycles. The average molecular weight is 275 g/mol. The Labute approximate surface area is 112 Å². The van der Waals surface area contributed by atoms with Crippen molar-refractivity contribution in [3.05, 3.63) is 0 Å². The second kappa shape index (κ2) is 4.36. The first-order valence-electron chi connectivity index (χ1n) is 6.50. The van der Waals surface area contributed by atoms with Crippen molar-refractivity contribution in [3.63, 3.8) is 0 Å².